The fourth-order valence-electron chi connectivity index (χ4n) is 2.00. The van der Waals surface area contributed by atoms with Crippen LogP contribution in [-0.2, 0) is 0 Å². The Morgan fingerprint density at radius 3 is 2.48 bits per heavy atom. The van der Waals surface area contributed by atoms with Crippen LogP contribution in [0.1, 0.15) is 0 Å². The number of alkyl halides is 3. The highest BCUT2D eigenvalue weighted by molar-refractivity contribution is 9.10. The third kappa shape index (κ3) is 3.07. The lowest BCUT2D eigenvalue weighted by Crippen LogP contribution is -2.17. The molecule has 0 amide bonds. The number of ether oxygens (including phenoxy) is 3. The Morgan fingerprint density at radius 2 is 1.76 bits per heavy atom. The van der Waals surface area contributed by atoms with E-state index in [0.717, 1.165) is 0 Å². The SMILES string of the molecule is FC(F)(F)Oc1cccc(-c2cc3c(cc2Br)OCO3)c1. The maximum Gasteiger partial charge on any atom is 0.573 e. The number of hydrogen-bond donors (Lipinski definition) is 0. The third-order valence-corrected chi connectivity index (χ3v) is 3.50. The summed E-state index contributed by atoms with van der Waals surface area (Å²) in [4.78, 5) is 0. The van der Waals surface area contributed by atoms with Crippen LogP contribution < -0.4 is 14.2 Å². The predicted octanol–water partition coefficient (Wildman–Crippen LogP) is 4.74. The van der Waals surface area contributed by atoms with Gasteiger partial charge in [-0.1, -0.05) is 28.1 Å². The summed E-state index contributed by atoms with van der Waals surface area (Å²) in [6.45, 7) is 0.127. The monoisotopic (exact) mass is 360 g/mol. The van der Waals surface area contributed by atoms with Gasteiger partial charge in [0, 0.05) is 4.47 Å². The lowest BCUT2D eigenvalue weighted by Gasteiger charge is -2.11. The quantitative estimate of drug-likeness (QED) is 0.773. The zero-order valence-corrected chi connectivity index (χ0v) is 12.0. The summed E-state index contributed by atoms with van der Waals surface area (Å²) in [6.07, 6.45) is -4.72. The molecule has 7 heteroatoms. The van der Waals surface area contributed by atoms with Gasteiger partial charge in [-0.2, -0.15) is 0 Å². The molecule has 21 heavy (non-hydrogen) atoms. The highest BCUT2D eigenvalue weighted by Crippen LogP contribution is 2.41. The molecule has 3 nitrogen and oxygen atoms in total. The van der Waals surface area contributed by atoms with E-state index in [1.807, 2.05) is 0 Å². The zero-order chi connectivity index (χ0) is 15.0. The molecule has 0 spiro atoms. The average molecular weight is 361 g/mol. The number of rotatable bonds is 2. The van der Waals surface area contributed by atoms with Crippen molar-refractivity contribution in [2.24, 2.45) is 0 Å². The van der Waals surface area contributed by atoms with Crippen LogP contribution in [0.5, 0.6) is 17.2 Å². The van der Waals surface area contributed by atoms with E-state index in [0.29, 0.717) is 27.1 Å². The lowest BCUT2D eigenvalue weighted by atomic mass is 10.0. The van der Waals surface area contributed by atoms with Crippen LogP contribution in [-0.4, -0.2) is 13.2 Å². The van der Waals surface area contributed by atoms with E-state index in [4.69, 9.17) is 9.47 Å². The van der Waals surface area contributed by atoms with Crippen molar-refractivity contribution < 1.29 is 27.4 Å². The Balaban J connectivity index is 1.99. The second-order valence-corrected chi connectivity index (χ2v) is 5.12. The van der Waals surface area contributed by atoms with Gasteiger partial charge in [-0.25, -0.2) is 0 Å². The van der Waals surface area contributed by atoms with Crippen LogP contribution in [0.2, 0.25) is 0 Å². The predicted molar refractivity (Wildman–Crippen MR) is 72.4 cm³/mol. The van der Waals surface area contributed by atoms with Gasteiger partial charge >= 0.3 is 6.36 Å². The molecule has 0 bridgehead atoms. The molecule has 0 aromatic heterocycles. The van der Waals surface area contributed by atoms with E-state index in [1.165, 1.54) is 18.2 Å². The van der Waals surface area contributed by atoms with Crippen molar-refractivity contribution in [2.45, 2.75) is 6.36 Å². The molecule has 0 fully saturated rings. The molecule has 0 N–H and O–H groups in total. The first-order valence-electron chi connectivity index (χ1n) is 5.88. The number of fused-ring (bicyclic) bond motifs is 1. The second kappa shape index (κ2) is 5.14. The van der Waals surface area contributed by atoms with Crippen molar-refractivity contribution in [1.82, 2.24) is 0 Å². The van der Waals surface area contributed by atoms with Gasteiger partial charge in [0.1, 0.15) is 5.75 Å². The van der Waals surface area contributed by atoms with Crippen LogP contribution in [0.4, 0.5) is 13.2 Å². The van der Waals surface area contributed by atoms with Gasteiger partial charge in [0.15, 0.2) is 11.5 Å². The molecule has 110 valence electrons. The van der Waals surface area contributed by atoms with Gasteiger partial charge in [-0.15, -0.1) is 13.2 Å². The molecule has 0 aliphatic carbocycles. The molecular formula is C14H8BrF3O3. The Labute approximate surface area is 126 Å². The van der Waals surface area contributed by atoms with Crippen LogP contribution in [0.25, 0.3) is 11.1 Å². The van der Waals surface area contributed by atoms with Gasteiger partial charge < -0.3 is 14.2 Å². The van der Waals surface area contributed by atoms with E-state index in [2.05, 4.69) is 20.7 Å². The Bertz CT molecular complexity index is 686. The summed E-state index contributed by atoms with van der Waals surface area (Å²) in [7, 11) is 0. The highest BCUT2D eigenvalue weighted by Gasteiger charge is 2.31. The summed E-state index contributed by atoms with van der Waals surface area (Å²) < 4.78 is 51.9. The molecule has 1 heterocycles. The van der Waals surface area contributed by atoms with Crippen LogP contribution in [0.15, 0.2) is 40.9 Å². The first-order chi connectivity index (χ1) is 9.92. The fourth-order valence-corrected chi connectivity index (χ4v) is 2.55. The first kappa shape index (κ1) is 14.1. The third-order valence-electron chi connectivity index (χ3n) is 2.84. The topological polar surface area (TPSA) is 27.7 Å². The van der Waals surface area contributed by atoms with Crippen LogP contribution in [0, 0.1) is 0 Å². The average Bonchev–Trinajstić information content (AvgIpc) is 2.83. The number of hydrogen-bond acceptors (Lipinski definition) is 3. The zero-order valence-electron chi connectivity index (χ0n) is 10.4. The normalized spacial score (nSPS) is 13.3. The van der Waals surface area contributed by atoms with Gasteiger partial charge in [0.05, 0.1) is 0 Å². The van der Waals surface area contributed by atoms with Crippen molar-refractivity contribution in [1.29, 1.82) is 0 Å². The maximum absolute atomic E-state index is 12.3. The second-order valence-electron chi connectivity index (χ2n) is 4.26. The molecule has 1 aliphatic heterocycles. The van der Waals surface area contributed by atoms with Crippen molar-refractivity contribution in [3.63, 3.8) is 0 Å². The molecule has 0 saturated carbocycles. The van der Waals surface area contributed by atoms with E-state index in [-0.39, 0.29) is 12.5 Å². The summed E-state index contributed by atoms with van der Waals surface area (Å²) in [5, 5.41) is 0. The molecule has 0 saturated heterocycles. The lowest BCUT2D eigenvalue weighted by molar-refractivity contribution is -0.274. The minimum absolute atomic E-state index is 0.127. The molecule has 3 rings (SSSR count). The molecule has 0 atom stereocenters. The standard InChI is InChI=1S/C14H8BrF3O3/c15-11-6-13-12(19-7-20-13)5-10(11)8-2-1-3-9(4-8)21-14(16,17)18/h1-6H,7H2. The molecule has 0 unspecified atom stereocenters. The van der Waals surface area contributed by atoms with E-state index >= 15 is 0 Å². The van der Waals surface area contributed by atoms with Gasteiger partial charge in [0.2, 0.25) is 6.79 Å². The van der Waals surface area contributed by atoms with Crippen molar-refractivity contribution in [3.05, 3.63) is 40.9 Å². The van der Waals surface area contributed by atoms with Crippen molar-refractivity contribution in [3.8, 4) is 28.4 Å². The van der Waals surface area contributed by atoms with E-state index in [9.17, 15) is 13.2 Å². The molecule has 0 radical (unpaired) electrons. The van der Waals surface area contributed by atoms with E-state index < -0.39 is 6.36 Å². The number of benzene rings is 2. The minimum Gasteiger partial charge on any atom is -0.454 e. The van der Waals surface area contributed by atoms with Crippen molar-refractivity contribution in [2.75, 3.05) is 6.79 Å². The largest absolute Gasteiger partial charge is 0.573 e. The Kier molecular flexibility index (Phi) is 3.44. The fraction of sp³-hybridized carbons (Fsp3) is 0.143. The summed E-state index contributed by atoms with van der Waals surface area (Å²) in [5.41, 5.74) is 1.26. The summed E-state index contributed by atoms with van der Waals surface area (Å²) >= 11 is 3.37. The van der Waals surface area contributed by atoms with E-state index in [1.54, 1.807) is 18.2 Å². The highest BCUT2D eigenvalue weighted by atomic mass is 79.9. The van der Waals surface area contributed by atoms with Gasteiger partial charge in [-0.05, 0) is 35.4 Å². The summed E-state index contributed by atoms with van der Waals surface area (Å²) in [5.74, 6) is 0.869. The van der Waals surface area contributed by atoms with Crippen molar-refractivity contribution >= 4 is 15.9 Å². The molecule has 2 aromatic rings. The van der Waals surface area contributed by atoms with Crippen LogP contribution in [0.3, 0.4) is 0 Å². The maximum atomic E-state index is 12.3. The Morgan fingerprint density at radius 1 is 1.05 bits per heavy atom. The van der Waals surface area contributed by atoms with Crippen LogP contribution >= 0.6 is 15.9 Å². The first-order valence-corrected chi connectivity index (χ1v) is 6.67. The smallest absolute Gasteiger partial charge is 0.454 e. The van der Waals surface area contributed by atoms with Gasteiger partial charge in [0.25, 0.3) is 0 Å². The molecular weight excluding hydrogens is 353 g/mol. The number of halogens is 4. The van der Waals surface area contributed by atoms with Gasteiger partial charge in [-0.3, -0.25) is 0 Å². The Hall–Kier alpha value is -1.89. The summed E-state index contributed by atoms with van der Waals surface area (Å²) in [6, 6.07) is 9.17. The molecule has 1 aliphatic rings. The molecule has 2 aromatic carbocycles. The minimum atomic E-state index is -4.72.